The Morgan fingerprint density at radius 3 is 2.50 bits per heavy atom. The zero-order valence-electron chi connectivity index (χ0n) is 16.3. The normalized spacial score (nSPS) is 18.6. The monoisotopic (exact) mass is 385 g/mol. The number of rotatable bonds is 6. The minimum atomic E-state index is -0.791. The van der Waals surface area contributed by atoms with Crippen molar-refractivity contribution in [3.05, 3.63) is 53.0 Å². The summed E-state index contributed by atoms with van der Waals surface area (Å²) >= 11 is 0. The molecule has 0 saturated carbocycles. The molecular formula is C21H23NO6. The van der Waals surface area contributed by atoms with Gasteiger partial charge in [0.1, 0.15) is 34.8 Å². The van der Waals surface area contributed by atoms with Gasteiger partial charge in [-0.2, -0.15) is 0 Å². The number of carbonyl (C=O) groups excluding carboxylic acids is 2. The highest BCUT2D eigenvalue weighted by molar-refractivity contribution is 6.46. The molecule has 1 amide bonds. The quantitative estimate of drug-likeness (QED) is 0.465. The lowest BCUT2D eigenvalue weighted by Gasteiger charge is -2.22. The number of hydrogen-bond donors (Lipinski definition) is 1. The lowest BCUT2D eigenvalue weighted by Crippen LogP contribution is -2.30. The Kier molecular flexibility index (Phi) is 5.44. The van der Waals surface area contributed by atoms with Crippen LogP contribution in [0.25, 0.3) is 5.76 Å². The molecule has 3 rings (SSSR count). The van der Waals surface area contributed by atoms with E-state index in [4.69, 9.17) is 13.9 Å². The number of methoxy groups -OCH3 is 2. The zero-order chi connectivity index (χ0) is 20.4. The van der Waals surface area contributed by atoms with Crippen LogP contribution in [0.5, 0.6) is 11.5 Å². The predicted molar refractivity (Wildman–Crippen MR) is 102 cm³/mol. The molecule has 148 valence electrons. The minimum Gasteiger partial charge on any atom is -0.507 e. The van der Waals surface area contributed by atoms with Crippen molar-refractivity contribution in [3.63, 3.8) is 0 Å². The molecule has 1 aliphatic heterocycles. The van der Waals surface area contributed by atoms with E-state index in [1.54, 1.807) is 37.3 Å². The van der Waals surface area contributed by atoms with E-state index in [2.05, 4.69) is 0 Å². The van der Waals surface area contributed by atoms with Crippen LogP contribution in [0.3, 0.4) is 0 Å². The van der Waals surface area contributed by atoms with Crippen LogP contribution < -0.4 is 9.47 Å². The van der Waals surface area contributed by atoms with E-state index in [9.17, 15) is 14.7 Å². The van der Waals surface area contributed by atoms with Crippen LogP contribution in [-0.2, 0) is 9.59 Å². The van der Waals surface area contributed by atoms with Crippen LogP contribution in [0.4, 0.5) is 0 Å². The van der Waals surface area contributed by atoms with Crippen molar-refractivity contribution in [3.8, 4) is 11.5 Å². The van der Waals surface area contributed by atoms with Gasteiger partial charge in [-0.3, -0.25) is 9.59 Å². The lowest BCUT2D eigenvalue weighted by atomic mass is 9.98. The molecule has 2 heterocycles. The summed E-state index contributed by atoms with van der Waals surface area (Å²) in [6.07, 6.45) is 0.662. The number of benzene rings is 1. The molecule has 0 bridgehead atoms. The van der Waals surface area contributed by atoms with Crippen LogP contribution >= 0.6 is 0 Å². The third-order valence-corrected chi connectivity index (χ3v) is 4.70. The van der Waals surface area contributed by atoms with Crippen molar-refractivity contribution < 1.29 is 28.6 Å². The van der Waals surface area contributed by atoms with Crippen LogP contribution in [0, 0.1) is 6.92 Å². The van der Waals surface area contributed by atoms with Crippen LogP contribution in [0.1, 0.15) is 36.5 Å². The highest BCUT2D eigenvalue weighted by atomic mass is 16.5. The molecule has 1 fully saturated rings. The standard InChI is InChI=1S/C21H23NO6/c1-5-10-22-18(15-9-6-12(2)28-15)17(20(24)21(22)25)19(23)14-8-7-13(26-3)11-16(14)27-4/h6-9,11,18,23H,5,10H2,1-4H3/b19-17-. The van der Waals surface area contributed by atoms with E-state index in [0.717, 1.165) is 0 Å². The van der Waals surface area contributed by atoms with Crippen molar-refractivity contribution in [2.45, 2.75) is 26.3 Å². The summed E-state index contributed by atoms with van der Waals surface area (Å²) in [6, 6.07) is 7.52. The van der Waals surface area contributed by atoms with E-state index in [-0.39, 0.29) is 11.3 Å². The van der Waals surface area contributed by atoms with E-state index >= 15 is 0 Å². The van der Waals surface area contributed by atoms with Gasteiger partial charge >= 0.3 is 0 Å². The molecule has 1 N–H and O–H groups in total. The topological polar surface area (TPSA) is 89.2 Å². The number of furan rings is 1. The fourth-order valence-corrected chi connectivity index (χ4v) is 3.39. The first-order chi connectivity index (χ1) is 13.4. The highest BCUT2D eigenvalue weighted by Crippen LogP contribution is 2.41. The Hall–Kier alpha value is -3.22. The maximum absolute atomic E-state index is 12.8. The molecule has 0 spiro atoms. The number of aliphatic hydroxyl groups is 1. The maximum Gasteiger partial charge on any atom is 0.295 e. The second kappa shape index (κ2) is 7.80. The summed E-state index contributed by atoms with van der Waals surface area (Å²) in [6.45, 7) is 4.06. The molecule has 1 aromatic heterocycles. The highest BCUT2D eigenvalue weighted by Gasteiger charge is 2.47. The second-order valence-electron chi connectivity index (χ2n) is 6.51. The Labute approximate surface area is 163 Å². The number of Topliss-reactive ketones (excluding diaryl/α,β-unsaturated/α-hetero) is 1. The number of aliphatic hydroxyl groups excluding tert-OH is 1. The second-order valence-corrected chi connectivity index (χ2v) is 6.51. The van der Waals surface area contributed by atoms with Gasteiger partial charge in [0.25, 0.3) is 11.7 Å². The number of nitrogens with zero attached hydrogens (tertiary/aromatic N) is 1. The molecule has 28 heavy (non-hydrogen) atoms. The van der Waals surface area contributed by atoms with Crippen LogP contribution in [-0.4, -0.2) is 42.5 Å². The van der Waals surface area contributed by atoms with Gasteiger partial charge in [-0.1, -0.05) is 6.92 Å². The van der Waals surface area contributed by atoms with Crippen molar-refractivity contribution in [1.82, 2.24) is 4.90 Å². The average Bonchev–Trinajstić information content (AvgIpc) is 3.23. The Bertz CT molecular complexity index is 942. The summed E-state index contributed by atoms with van der Waals surface area (Å²) < 4.78 is 16.2. The molecule has 0 radical (unpaired) electrons. The largest absolute Gasteiger partial charge is 0.507 e. The van der Waals surface area contributed by atoms with Crippen molar-refractivity contribution in [1.29, 1.82) is 0 Å². The number of ketones is 1. The molecule has 1 atom stereocenters. The van der Waals surface area contributed by atoms with Gasteiger partial charge in [0, 0.05) is 12.6 Å². The summed E-state index contributed by atoms with van der Waals surface area (Å²) in [5.41, 5.74) is 0.280. The first-order valence-corrected chi connectivity index (χ1v) is 9.00. The zero-order valence-corrected chi connectivity index (χ0v) is 16.3. The first-order valence-electron chi connectivity index (χ1n) is 9.00. The molecule has 1 unspecified atom stereocenters. The van der Waals surface area contributed by atoms with E-state index < -0.39 is 17.7 Å². The van der Waals surface area contributed by atoms with Gasteiger partial charge in [-0.25, -0.2) is 0 Å². The average molecular weight is 385 g/mol. The van der Waals surface area contributed by atoms with Crippen LogP contribution in [0.2, 0.25) is 0 Å². The summed E-state index contributed by atoms with van der Waals surface area (Å²) in [5, 5.41) is 11.0. The van der Waals surface area contributed by atoms with Gasteiger partial charge in [0.05, 0.1) is 25.4 Å². The van der Waals surface area contributed by atoms with Crippen molar-refractivity contribution >= 4 is 17.4 Å². The predicted octanol–water partition coefficient (Wildman–Crippen LogP) is 3.44. The smallest absolute Gasteiger partial charge is 0.295 e. The number of aryl methyl sites for hydroxylation is 1. The fourth-order valence-electron chi connectivity index (χ4n) is 3.39. The van der Waals surface area contributed by atoms with Gasteiger partial charge in [-0.15, -0.1) is 0 Å². The number of amides is 1. The summed E-state index contributed by atoms with van der Waals surface area (Å²) in [7, 11) is 2.97. The Balaban J connectivity index is 2.21. The Morgan fingerprint density at radius 2 is 1.93 bits per heavy atom. The van der Waals surface area contributed by atoms with Gasteiger partial charge in [0.15, 0.2) is 0 Å². The summed E-state index contributed by atoms with van der Waals surface area (Å²) in [5.74, 6) is 0.234. The van der Waals surface area contributed by atoms with Crippen molar-refractivity contribution in [2.24, 2.45) is 0 Å². The summed E-state index contributed by atoms with van der Waals surface area (Å²) in [4.78, 5) is 26.9. The van der Waals surface area contributed by atoms with E-state index in [0.29, 0.717) is 41.5 Å². The minimum absolute atomic E-state index is 0.0173. The fraction of sp³-hybridized carbons (Fsp3) is 0.333. The molecular weight excluding hydrogens is 362 g/mol. The molecule has 1 aliphatic rings. The lowest BCUT2D eigenvalue weighted by molar-refractivity contribution is -0.140. The van der Waals surface area contributed by atoms with Gasteiger partial charge in [-0.05, 0) is 37.6 Å². The van der Waals surface area contributed by atoms with Gasteiger partial charge < -0.3 is 23.9 Å². The molecule has 1 saturated heterocycles. The molecule has 7 heteroatoms. The molecule has 2 aromatic rings. The Morgan fingerprint density at radius 1 is 1.18 bits per heavy atom. The number of ether oxygens (including phenoxy) is 2. The molecule has 1 aromatic carbocycles. The van der Waals surface area contributed by atoms with Crippen LogP contribution in [0.15, 0.2) is 40.3 Å². The van der Waals surface area contributed by atoms with Crippen molar-refractivity contribution in [2.75, 3.05) is 20.8 Å². The van der Waals surface area contributed by atoms with Gasteiger partial charge in [0.2, 0.25) is 0 Å². The molecule has 0 aliphatic carbocycles. The third-order valence-electron chi connectivity index (χ3n) is 4.70. The number of carbonyl (C=O) groups is 2. The van der Waals surface area contributed by atoms with E-state index in [1.807, 2.05) is 6.92 Å². The SMILES string of the molecule is CCCN1C(=O)C(=O)/C(=C(\O)c2ccc(OC)cc2OC)C1c1ccc(C)o1. The first kappa shape index (κ1) is 19.5. The maximum atomic E-state index is 12.8. The third kappa shape index (κ3) is 3.24. The number of hydrogen-bond acceptors (Lipinski definition) is 6. The van der Waals surface area contributed by atoms with E-state index in [1.165, 1.54) is 19.1 Å². The molecule has 7 nitrogen and oxygen atoms in total. The number of likely N-dealkylation sites (tertiary alicyclic amines) is 1.